The number of halogens is 5. The van der Waals surface area contributed by atoms with E-state index in [1.165, 1.54) is 0 Å². The Bertz CT molecular complexity index is 991. The second kappa shape index (κ2) is 7.62. The SMILES string of the molecule is [B][C@H]1SC(NP)=N[C@@]2(c3ccc(F)cc3F)COC(OS(=O)(=O)C(F)(F)F)=C[C@@H]12. The summed E-state index contributed by atoms with van der Waals surface area (Å²) in [4.78, 5) is 4.35. The van der Waals surface area contributed by atoms with Crippen LogP contribution in [0.25, 0.3) is 0 Å². The fourth-order valence-electron chi connectivity index (χ4n) is 2.92. The monoisotopic (exact) mass is 472 g/mol. The maximum absolute atomic E-state index is 14.5. The molecule has 6 nitrogen and oxygen atoms in total. The van der Waals surface area contributed by atoms with Crippen molar-refractivity contribution in [3.63, 3.8) is 0 Å². The molecule has 3 rings (SSSR count). The summed E-state index contributed by atoms with van der Waals surface area (Å²) >= 11 is 0.972. The molecule has 1 N–H and O–H groups in total. The fourth-order valence-corrected chi connectivity index (χ4v) is 4.60. The Kier molecular flexibility index (Phi) is 5.83. The highest BCUT2D eigenvalue weighted by Gasteiger charge is 2.53. The zero-order valence-corrected chi connectivity index (χ0v) is 16.9. The van der Waals surface area contributed by atoms with Crippen LogP contribution in [0.3, 0.4) is 0 Å². The van der Waals surface area contributed by atoms with Crippen molar-refractivity contribution in [1.82, 2.24) is 5.09 Å². The van der Waals surface area contributed by atoms with Crippen LogP contribution < -0.4 is 5.09 Å². The number of aliphatic imine (C=N–C) groups is 1. The number of amidine groups is 1. The second-order valence-corrected chi connectivity index (χ2v) is 8.97. The smallest absolute Gasteiger partial charge is 0.462 e. The van der Waals surface area contributed by atoms with Gasteiger partial charge in [0.2, 0.25) is 0 Å². The van der Waals surface area contributed by atoms with E-state index in [1.54, 1.807) is 0 Å². The molecule has 2 heterocycles. The summed E-state index contributed by atoms with van der Waals surface area (Å²) < 4.78 is 97.2. The van der Waals surface area contributed by atoms with Gasteiger partial charge < -0.3 is 14.0 Å². The maximum Gasteiger partial charge on any atom is 0.534 e. The molecule has 15 heteroatoms. The van der Waals surface area contributed by atoms with Gasteiger partial charge in [-0.05, 0) is 20.6 Å². The number of rotatable bonds is 3. The van der Waals surface area contributed by atoms with E-state index in [0.29, 0.717) is 6.07 Å². The number of alkyl halides is 3. The summed E-state index contributed by atoms with van der Waals surface area (Å²) in [5, 5.41) is 2.00. The molecule has 4 atom stereocenters. The van der Waals surface area contributed by atoms with Crippen molar-refractivity contribution < 1.29 is 39.3 Å². The van der Waals surface area contributed by atoms with Gasteiger partial charge in [0, 0.05) is 23.6 Å². The van der Waals surface area contributed by atoms with Gasteiger partial charge in [0.15, 0.2) is 5.17 Å². The first-order valence-electron chi connectivity index (χ1n) is 7.69. The van der Waals surface area contributed by atoms with Crippen molar-refractivity contribution in [2.75, 3.05) is 6.61 Å². The lowest BCUT2D eigenvalue weighted by molar-refractivity contribution is -0.0589. The standard InChI is InChI=1S/C14H11BF5N2O4PS2/c15-11-8-4-10(26-29(23,24)14(18,19)20)25-5-13(8,21-12(22-27)28-11)7-2-1-6(16)3-9(7)17/h1-4,8,11H,5,27H2,(H,21,22)/t8-,11-,13+/m0/s1. The molecule has 2 radical (unpaired) electrons. The van der Waals surface area contributed by atoms with Crippen LogP contribution in [0, 0.1) is 17.6 Å². The Hall–Kier alpha value is -1.53. The first-order valence-corrected chi connectivity index (χ1v) is 10.6. The minimum Gasteiger partial charge on any atom is -0.462 e. The van der Waals surface area contributed by atoms with E-state index in [1.807, 2.05) is 0 Å². The van der Waals surface area contributed by atoms with Crippen LogP contribution in [0.15, 0.2) is 35.2 Å². The average Bonchev–Trinajstić information content (AvgIpc) is 2.60. The summed E-state index contributed by atoms with van der Waals surface area (Å²) in [6, 6.07) is 2.70. The molecule has 0 saturated heterocycles. The van der Waals surface area contributed by atoms with E-state index >= 15 is 0 Å². The lowest BCUT2D eigenvalue weighted by Crippen LogP contribution is -2.50. The van der Waals surface area contributed by atoms with E-state index < -0.39 is 56.4 Å². The van der Waals surface area contributed by atoms with E-state index in [-0.39, 0.29) is 10.7 Å². The zero-order valence-electron chi connectivity index (χ0n) is 14.1. The van der Waals surface area contributed by atoms with Crippen LogP contribution in [0.2, 0.25) is 0 Å². The molecule has 2 aliphatic heterocycles. The molecular formula is C14H11BF5N2O4PS2. The molecule has 0 amide bonds. The van der Waals surface area contributed by atoms with Gasteiger partial charge in [-0.25, -0.2) is 13.8 Å². The molecule has 1 unspecified atom stereocenters. The first-order chi connectivity index (χ1) is 13.4. The van der Waals surface area contributed by atoms with Gasteiger partial charge in [0.25, 0.3) is 5.95 Å². The fraction of sp³-hybridized carbons (Fsp3) is 0.357. The predicted octanol–water partition coefficient (Wildman–Crippen LogP) is 2.49. The number of thioether (sulfide) groups is 1. The normalized spacial score (nSPS) is 27.2. The molecule has 0 aromatic heterocycles. The predicted molar refractivity (Wildman–Crippen MR) is 99.0 cm³/mol. The summed E-state index contributed by atoms with van der Waals surface area (Å²) in [5.74, 6) is -3.83. The number of ether oxygens (including phenoxy) is 1. The lowest BCUT2D eigenvalue weighted by atomic mass is 9.71. The number of hydrogen-bond acceptors (Lipinski definition) is 7. The summed E-state index contributed by atoms with van der Waals surface area (Å²) in [7, 11) is 2.26. The molecule has 0 saturated carbocycles. The van der Waals surface area contributed by atoms with E-state index in [2.05, 4.69) is 23.7 Å². The van der Waals surface area contributed by atoms with Crippen molar-refractivity contribution in [1.29, 1.82) is 0 Å². The highest BCUT2D eigenvalue weighted by molar-refractivity contribution is 8.15. The average molecular weight is 472 g/mol. The number of fused-ring (bicyclic) bond motifs is 1. The van der Waals surface area contributed by atoms with Crippen LogP contribution in [0.5, 0.6) is 0 Å². The Labute approximate surface area is 170 Å². The van der Waals surface area contributed by atoms with E-state index in [9.17, 15) is 30.4 Å². The van der Waals surface area contributed by atoms with Gasteiger partial charge in [0.1, 0.15) is 23.8 Å². The van der Waals surface area contributed by atoms with Gasteiger partial charge in [-0.2, -0.15) is 21.6 Å². The van der Waals surface area contributed by atoms with Crippen molar-refractivity contribution in [3.05, 3.63) is 47.4 Å². The molecule has 1 aromatic rings. The molecular weight excluding hydrogens is 461 g/mol. The van der Waals surface area contributed by atoms with Crippen LogP contribution in [0.1, 0.15) is 5.56 Å². The van der Waals surface area contributed by atoms with Gasteiger partial charge >= 0.3 is 15.6 Å². The minimum absolute atomic E-state index is 0.133. The number of nitrogens with one attached hydrogen (secondary N) is 1. The molecule has 2 aliphatic rings. The third-order valence-corrected chi connectivity index (χ3v) is 6.63. The highest BCUT2D eigenvalue weighted by atomic mass is 32.2. The topological polar surface area (TPSA) is 77.0 Å². The third kappa shape index (κ3) is 4.06. The highest BCUT2D eigenvalue weighted by Crippen LogP contribution is 2.48. The second-order valence-electron chi connectivity index (χ2n) is 5.98. The summed E-state index contributed by atoms with van der Waals surface area (Å²) in [5.41, 5.74) is -7.41. The van der Waals surface area contributed by atoms with E-state index in [4.69, 9.17) is 12.6 Å². The molecule has 0 spiro atoms. The number of nitrogens with zero attached hydrogens (tertiary/aromatic N) is 1. The van der Waals surface area contributed by atoms with E-state index in [0.717, 1.165) is 30.0 Å². The quantitative estimate of drug-likeness (QED) is 0.240. The Morgan fingerprint density at radius 2 is 2.07 bits per heavy atom. The summed E-state index contributed by atoms with van der Waals surface area (Å²) in [6.07, 6.45) is 0.899. The van der Waals surface area contributed by atoms with Crippen molar-refractivity contribution in [3.8, 4) is 0 Å². The lowest BCUT2D eigenvalue weighted by Gasteiger charge is -2.45. The molecule has 156 valence electrons. The van der Waals surface area contributed by atoms with Crippen LogP contribution in [-0.4, -0.2) is 38.7 Å². The van der Waals surface area contributed by atoms with Crippen molar-refractivity contribution in [2.24, 2.45) is 10.9 Å². The van der Waals surface area contributed by atoms with Crippen LogP contribution in [-0.2, 0) is 24.6 Å². The van der Waals surface area contributed by atoms with Crippen molar-refractivity contribution in [2.45, 2.75) is 16.2 Å². The summed E-state index contributed by atoms with van der Waals surface area (Å²) in [6.45, 7) is -0.608. The van der Waals surface area contributed by atoms with Gasteiger partial charge in [-0.15, -0.1) is 0 Å². The first kappa shape index (κ1) is 22.2. The molecule has 0 aliphatic carbocycles. The Morgan fingerprint density at radius 3 is 2.66 bits per heavy atom. The maximum atomic E-state index is 14.5. The van der Waals surface area contributed by atoms with Crippen LogP contribution in [0.4, 0.5) is 22.0 Å². The van der Waals surface area contributed by atoms with Crippen molar-refractivity contribution >= 4 is 44.3 Å². The molecule has 0 bridgehead atoms. The molecule has 0 fully saturated rings. The van der Waals surface area contributed by atoms with Gasteiger partial charge in [0.05, 0.1) is 7.85 Å². The zero-order chi connectivity index (χ0) is 21.6. The Balaban J connectivity index is 2.10. The number of hydrogen-bond donors (Lipinski definition) is 1. The van der Waals surface area contributed by atoms with Gasteiger partial charge in [-0.1, -0.05) is 17.8 Å². The molecule has 1 aromatic carbocycles. The minimum atomic E-state index is -5.98. The van der Waals surface area contributed by atoms with Crippen LogP contribution >= 0.6 is 21.2 Å². The Morgan fingerprint density at radius 1 is 1.38 bits per heavy atom. The molecule has 29 heavy (non-hydrogen) atoms. The third-order valence-electron chi connectivity index (χ3n) is 4.20. The number of benzene rings is 1. The van der Waals surface area contributed by atoms with Gasteiger partial charge in [-0.3, -0.25) is 0 Å². The largest absolute Gasteiger partial charge is 0.534 e.